The fourth-order valence-corrected chi connectivity index (χ4v) is 1.98. The number of halogens is 1. The summed E-state index contributed by atoms with van der Waals surface area (Å²) in [4.78, 5) is 0. The first kappa shape index (κ1) is 13.7. The summed E-state index contributed by atoms with van der Waals surface area (Å²) in [5.74, 6) is -0.145. The highest BCUT2D eigenvalue weighted by molar-refractivity contribution is 5.25. The first-order valence-corrected chi connectivity index (χ1v) is 6.55. The third-order valence-corrected chi connectivity index (χ3v) is 3.25. The predicted molar refractivity (Wildman–Crippen MR) is 74.5 cm³/mol. The van der Waals surface area contributed by atoms with E-state index in [1.165, 1.54) is 0 Å². The Morgan fingerprint density at radius 2 is 2.16 bits per heavy atom. The Morgan fingerprint density at radius 3 is 2.79 bits per heavy atom. The number of aromatic nitrogens is 2. The van der Waals surface area contributed by atoms with E-state index >= 15 is 0 Å². The maximum Gasteiger partial charge on any atom is 0.126 e. The van der Waals surface area contributed by atoms with E-state index in [1.54, 1.807) is 13.0 Å². The summed E-state index contributed by atoms with van der Waals surface area (Å²) in [7, 11) is 0. The van der Waals surface area contributed by atoms with Crippen molar-refractivity contribution in [3.8, 4) is 0 Å². The van der Waals surface area contributed by atoms with Crippen LogP contribution in [0.3, 0.4) is 0 Å². The molecule has 1 atom stereocenters. The summed E-state index contributed by atoms with van der Waals surface area (Å²) in [6, 6.07) is 5.52. The van der Waals surface area contributed by atoms with Crippen molar-refractivity contribution in [2.45, 2.75) is 33.4 Å². The van der Waals surface area contributed by atoms with Gasteiger partial charge in [0.1, 0.15) is 5.82 Å². The van der Waals surface area contributed by atoms with Crippen LogP contribution in [0, 0.1) is 19.7 Å². The van der Waals surface area contributed by atoms with Crippen LogP contribution in [0.1, 0.15) is 29.7 Å². The van der Waals surface area contributed by atoms with Crippen molar-refractivity contribution < 1.29 is 4.39 Å². The zero-order chi connectivity index (χ0) is 13.8. The van der Waals surface area contributed by atoms with Crippen LogP contribution < -0.4 is 5.32 Å². The molecule has 1 unspecified atom stereocenters. The molecule has 0 spiro atoms. The highest BCUT2D eigenvalue weighted by atomic mass is 19.1. The Bertz CT molecular complexity index is 548. The van der Waals surface area contributed by atoms with E-state index < -0.39 is 0 Å². The van der Waals surface area contributed by atoms with Gasteiger partial charge in [0.15, 0.2) is 0 Å². The van der Waals surface area contributed by atoms with Gasteiger partial charge in [0.2, 0.25) is 0 Å². The Labute approximate surface area is 113 Å². The minimum absolute atomic E-state index is 0.131. The van der Waals surface area contributed by atoms with Gasteiger partial charge in [-0.15, -0.1) is 0 Å². The van der Waals surface area contributed by atoms with Gasteiger partial charge in [-0.1, -0.05) is 12.1 Å². The molecule has 0 saturated carbocycles. The molecule has 102 valence electrons. The summed E-state index contributed by atoms with van der Waals surface area (Å²) >= 11 is 0. The summed E-state index contributed by atoms with van der Waals surface area (Å²) < 4.78 is 15.4. The molecule has 1 aromatic heterocycles. The minimum atomic E-state index is -0.145. The quantitative estimate of drug-likeness (QED) is 0.896. The molecule has 3 nitrogen and oxygen atoms in total. The lowest BCUT2D eigenvalue weighted by molar-refractivity contribution is 0.504. The number of rotatable bonds is 5. The van der Waals surface area contributed by atoms with Crippen LogP contribution in [0.5, 0.6) is 0 Å². The molecule has 1 heterocycles. The molecule has 1 aromatic carbocycles. The normalized spacial score (nSPS) is 12.6. The third kappa shape index (κ3) is 3.64. The molecule has 1 N–H and O–H groups in total. The monoisotopic (exact) mass is 261 g/mol. The maximum atomic E-state index is 13.5. The van der Waals surface area contributed by atoms with Crippen molar-refractivity contribution in [2.75, 3.05) is 6.54 Å². The molecule has 0 radical (unpaired) electrons. The molecular weight excluding hydrogens is 241 g/mol. The second-order valence-corrected chi connectivity index (χ2v) is 4.97. The van der Waals surface area contributed by atoms with E-state index in [9.17, 15) is 4.39 Å². The average Bonchev–Trinajstić information content (AvgIpc) is 2.78. The average molecular weight is 261 g/mol. The van der Waals surface area contributed by atoms with Crippen molar-refractivity contribution in [3.63, 3.8) is 0 Å². The van der Waals surface area contributed by atoms with Gasteiger partial charge >= 0.3 is 0 Å². The largest absolute Gasteiger partial charge is 0.308 e. The van der Waals surface area contributed by atoms with E-state index in [1.807, 2.05) is 43.1 Å². The van der Waals surface area contributed by atoms with Gasteiger partial charge in [-0.3, -0.25) is 4.68 Å². The number of hydrogen-bond donors (Lipinski definition) is 1. The van der Waals surface area contributed by atoms with Gasteiger partial charge in [0.05, 0.1) is 12.7 Å². The molecule has 0 aliphatic carbocycles. The fourth-order valence-electron chi connectivity index (χ4n) is 1.98. The molecule has 19 heavy (non-hydrogen) atoms. The highest BCUT2D eigenvalue weighted by Crippen LogP contribution is 2.15. The standard InChI is InChI=1S/C15H20FN3/c1-11-9-18-19(10-11)7-6-17-13(3)14-5-4-12(2)15(16)8-14/h4-5,8-10,13,17H,6-7H2,1-3H3. The van der Waals surface area contributed by atoms with E-state index in [-0.39, 0.29) is 11.9 Å². The molecule has 2 rings (SSSR count). The number of nitrogens with zero attached hydrogens (tertiary/aromatic N) is 2. The topological polar surface area (TPSA) is 29.9 Å². The highest BCUT2D eigenvalue weighted by Gasteiger charge is 2.07. The number of aryl methyl sites for hydroxylation is 2. The predicted octanol–water partition coefficient (Wildman–Crippen LogP) is 2.99. The lowest BCUT2D eigenvalue weighted by Gasteiger charge is -2.15. The minimum Gasteiger partial charge on any atom is -0.308 e. The van der Waals surface area contributed by atoms with Crippen LogP contribution in [-0.2, 0) is 6.54 Å². The van der Waals surface area contributed by atoms with Crippen LogP contribution in [0.25, 0.3) is 0 Å². The van der Waals surface area contributed by atoms with Crippen molar-refractivity contribution in [1.29, 1.82) is 0 Å². The van der Waals surface area contributed by atoms with Crippen molar-refractivity contribution in [1.82, 2.24) is 15.1 Å². The number of benzene rings is 1. The Balaban J connectivity index is 1.86. The zero-order valence-corrected chi connectivity index (χ0v) is 11.7. The molecule has 0 amide bonds. The van der Waals surface area contributed by atoms with Gasteiger partial charge < -0.3 is 5.32 Å². The first-order chi connectivity index (χ1) is 9.06. The Kier molecular flexibility index (Phi) is 4.32. The summed E-state index contributed by atoms with van der Waals surface area (Å²) in [5.41, 5.74) is 2.82. The number of nitrogens with one attached hydrogen (secondary N) is 1. The van der Waals surface area contributed by atoms with Crippen molar-refractivity contribution >= 4 is 0 Å². The third-order valence-electron chi connectivity index (χ3n) is 3.25. The van der Waals surface area contributed by atoms with Crippen LogP contribution >= 0.6 is 0 Å². The second-order valence-electron chi connectivity index (χ2n) is 4.97. The molecule has 0 fully saturated rings. The summed E-state index contributed by atoms with van der Waals surface area (Å²) in [5, 5.41) is 7.60. The zero-order valence-electron chi connectivity index (χ0n) is 11.7. The molecule has 0 aliphatic rings. The van der Waals surface area contributed by atoms with Gasteiger partial charge in [0, 0.05) is 18.8 Å². The SMILES string of the molecule is Cc1cnn(CCNC(C)c2ccc(C)c(F)c2)c1. The lowest BCUT2D eigenvalue weighted by Crippen LogP contribution is -2.23. The van der Waals surface area contributed by atoms with E-state index in [2.05, 4.69) is 10.4 Å². The molecule has 0 saturated heterocycles. The van der Waals surface area contributed by atoms with E-state index in [0.717, 1.165) is 24.2 Å². The van der Waals surface area contributed by atoms with Gasteiger partial charge in [0.25, 0.3) is 0 Å². The molecule has 0 aliphatic heterocycles. The van der Waals surface area contributed by atoms with Crippen molar-refractivity contribution in [3.05, 3.63) is 53.1 Å². The van der Waals surface area contributed by atoms with Gasteiger partial charge in [-0.25, -0.2) is 4.39 Å². The molecule has 4 heteroatoms. The van der Waals surface area contributed by atoms with E-state index in [4.69, 9.17) is 0 Å². The van der Waals surface area contributed by atoms with Crippen LogP contribution in [0.15, 0.2) is 30.6 Å². The van der Waals surface area contributed by atoms with Crippen LogP contribution in [0.2, 0.25) is 0 Å². The Morgan fingerprint density at radius 1 is 1.37 bits per heavy atom. The van der Waals surface area contributed by atoms with Gasteiger partial charge in [-0.2, -0.15) is 5.10 Å². The van der Waals surface area contributed by atoms with Crippen molar-refractivity contribution in [2.24, 2.45) is 0 Å². The smallest absolute Gasteiger partial charge is 0.126 e. The van der Waals surface area contributed by atoms with E-state index in [0.29, 0.717) is 5.56 Å². The van der Waals surface area contributed by atoms with Gasteiger partial charge in [-0.05, 0) is 43.5 Å². The second kappa shape index (κ2) is 5.97. The molecule has 0 bridgehead atoms. The first-order valence-electron chi connectivity index (χ1n) is 6.55. The fraction of sp³-hybridized carbons (Fsp3) is 0.400. The molecular formula is C15H20FN3. The van der Waals surface area contributed by atoms with Crippen LogP contribution in [-0.4, -0.2) is 16.3 Å². The Hall–Kier alpha value is -1.68. The number of hydrogen-bond acceptors (Lipinski definition) is 2. The molecule has 2 aromatic rings. The maximum absolute atomic E-state index is 13.5. The van der Waals surface area contributed by atoms with Crippen LogP contribution in [0.4, 0.5) is 4.39 Å². The summed E-state index contributed by atoms with van der Waals surface area (Å²) in [6.45, 7) is 7.45. The summed E-state index contributed by atoms with van der Waals surface area (Å²) in [6.07, 6.45) is 3.86. The lowest BCUT2D eigenvalue weighted by atomic mass is 10.1.